The number of amides is 1. The molecule has 0 spiro atoms. The Morgan fingerprint density at radius 1 is 1.47 bits per heavy atom. The summed E-state index contributed by atoms with van der Waals surface area (Å²) >= 11 is 0. The van der Waals surface area contributed by atoms with Gasteiger partial charge >= 0.3 is 6.18 Å². The molecule has 0 bridgehead atoms. The quantitative estimate of drug-likeness (QED) is 0.820. The van der Waals surface area contributed by atoms with E-state index >= 15 is 0 Å². The van der Waals surface area contributed by atoms with Crippen molar-refractivity contribution < 1.29 is 23.1 Å². The van der Waals surface area contributed by atoms with Gasteiger partial charge in [0.2, 0.25) is 5.91 Å². The SMILES string of the molecule is O=C1CC(C2CCC2)=NN1CC(O)C(F)(F)F. The van der Waals surface area contributed by atoms with Gasteiger partial charge in [-0.3, -0.25) is 4.79 Å². The number of carbonyl (C=O) groups excluding carboxylic acids is 1. The number of rotatable bonds is 3. The van der Waals surface area contributed by atoms with Gasteiger partial charge in [-0.2, -0.15) is 18.3 Å². The van der Waals surface area contributed by atoms with Gasteiger partial charge in [0, 0.05) is 0 Å². The Kier molecular flexibility index (Phi) is 3.11. The van der Waals surface area contributed by atoms with Crippen molar-refractivity contribution in [2.75, 3.05) is 6.54 Å². The second-order valence-electron chi connectivity index (χ2n) is 4.43. The van der Waals surface area contributed by atoms with Crippen LogP contribution in [0.2, 0.25) is 0 Å². The molecule has 1 aliphatic heterocycles. The Bertz CT molecular complexity index is 350. The van der Waals surface area contributed by atoms with Crippen LogP contribution in [0.5, 0.6) is 0 Å². The highest BCUT2D eigenvalue weighted by Gasteiger charge is 2.42. The standard InChI is InChI=1S/C10H13F3N2O2/c11-10(12,13)8(16)5-15-9(17)4-7(14-15)6-2-1-3-6/h6,8,16H,1-5H2. The first-order valence-corrected chi connectivity index (χ1v) is 5.50. The van der Waals surface area contributed by atoms with Crippen LogP contribution >= 0.6 is 0 Å². The molecule has 0 saturated heterocycles. The summed E-state index contributed by atoms with van der Waals surface area (Å²) < 4.78 is 36.4. The number of hydrogen-bond donors (Lipinski definition) is 1. The molecular formula is C10H13F3N2O2. The first-order valence-electron chi connectivity index (χ1n) is 5.50. The zero-order chi connectivity index (χ0) is 12.6. The number of hydrogen-bond acceptors (Lipinski definition) is 3. The highest BCUT2D eigenvalue weighted by atomic mass is 19.4. The minimum Gasteiger partial charge on any atom is -0.382 e. The van der Waals surface area contributed by atoms with E-state index in [1.807, 2.05) is 0 Å². The van der Waals surface area contributed by atoms with Gasteiger partial charge in [0.05, 0.1) is 18.7 Å². The van der Waals surface area contributed by atoms with E-state index in [0.29, 0.717) is 5.71 Å². The van der Waals surface area contributed by atoms with Crippen LogP contribution < -0.4 is 0 Å². The summed E-state index contributed by atoms with van der Waals surface area (Å²) in [5, 5.41) is 13.5. The molecule has 1 heterocycles. The summed E-state index contributed by atoms with van der Waals surface area (Å²) in [4.78, 5) is 11.4. The number of aliphatic hydroxyl groups is 1. The highest BCUT2D eigenvalue weighted by molar-refractivity contribution is 6.06. The summed E-state index contributed by atoms with van der Waals surface area (Å²) in [6, 6.07) is 0. The van der Waals surface area contributed by atoms with Crippen LogP contribution in [0.3, 0.4) is 0 Å². The van der Waals surface area contributed by atoms with Gasteiger partial charge in [0.1, 0.15) is 0 Å². The maximum Gasteiger partial charge on any atom is 0.416 e. The molecule has 1 aliphatic carbocycles. The molecule has 96 valence electrons. The summed E-state index contributed by atoms with van der Waals surface area (Å²) in [7, 11) is 0. The fraction of sp³-hybridized carbons (Fsp3) is 0.800. The number of carbonyl (C=O) groups is 1. The van der Waals surface area contributed by atoms with Crippen molar-refractivity contribution in [3.8, 4) is 0 Å². The topological polar surface area (TPSA) is 52.9 Å². The molecule has 1 amide bonds. The molecule has 1 atom stereocenters. The minimum absolute atomic E-state index is 0.0925. The summed E-state index contributed by atoms with van der Waals surface area (Å²) in [5.74, 6) is -0.220. The molecule has 1 saturated carbocycles. The Morgan fingerprint density at radius 3 is 2.59 bits per heavy atom. The van der Waals surface area contributed by atoms with Gasteiger partial charge in [-0.05, 0) is 18.8 Å². The first kappa shape index (κ1) is 12.3. The van der Waals surface area contributed by atoms with Crippen LogP contribution in [0.25, 0.3) is 0 Å². The monoisotopic (exact) mass is 250 g/mol. The Hall–Kier alpha value is -1.11. The largest absolute Gasteiger partial charge is 0.416 e. The van der Waals surface area contributed by atoms with E-state index in [9.17, 15) is 18.0 Å². The molecular weight excluding hydrogens is 237 g/mol. The van der Waals surface area contributed by atoms with Gasteiger partial charge in [-0.25, -0.2) is 5.01 Å². The second kappa shape index (κ2) is 4.29. The van der Waals surface area contributed by atoms with E-state index in [4.69, 9.17) is 5.11 Å². The maximum atomic E-state index is 12.1. The second-order valence-corrected chi connectivity index (χ2v) is 4.43. The smallest absolute Gasteiger partial charge is 0.382 e. The predicted octanol–water partition coefficient (Wildman–Crippen LogP) is 1.30. The zero-order valence-electron chi connectivity index (χ0n) is 9.07. The number of nitrogens with zero attached hydrogens (tertiary/aromatic N) is 2. The lowest BCUT2D eigenvalue weighted by atomic mass is 9.81. The molecule has 4 nitrogen and oxygen atoms in total. The van der Waals surface area contributed by atoms with Crippen LogP contribution in [0, 0.1) is 5.92 Å². The van der Waals surface area contributed by atoms with E-state index in [1.54, 1.807) is 0 Å². The molecule has 0 aromatic carbocycles. The van der Waals surface area contributed by atoms with Crippen molar-refractivity contribution in [2.24, 2.45) is 11.0 Å². The van der Waals surface area contributed by atoms with Crippen molar-refractivity contribution in [1.29, 1.82) is 0 Å². The molecule has 0 aromatic heterocycles. The lowest BCUT2D eigenvalue weighted by Crippen LogP contribution is -2.39. The minimum atomic E-state index is -4.71. The number of hydrazone groups is 1. The van der Waals surface area contributed by atoms with Gasteiger partial charge in [0.25, 0.3) is 0 Å². The fourth-order valence-corrected chi connectivity index (χ4v) is 1.87. The van der Waals surface area contributed by atoms with E-state index in [0.717, 1.165) is 24.3 Å². The summed E-state index contributed by atoms with van der Waals surface area (Å²) in [5.41, 5.74) is 0.663. The number of halogens is 3. The van der Waals surface area contributed by atoms with E-state index in [-0.39, 0.29) is 12.3 Å². The molecule has 1 N–H and O–H groups in total. The lowest BCUT2D eigenvalue weighted by molar-refractivity contribution is -0.208. The number of alkyl halides is 3. The average molecular weight is 250 g/mol. The molecule has 1 fully saturated rings. The van der Waals surface area contributed by atoms with E-state index in [1.165, 1.54) is 0 Å². The summed E-state index contributed by atoms with van der Waals surface area (Å²) in [6.45, 7) is -0.807. The van der Waals surface area contributed by atoms with Crippen LogP contribution in [-0.4, -0.2) is 40.6 Å². The van der Waals surface area contributed by atoms with Crippen molar-refractivity contribution >= 4 is 11.6 Å². The molecule has 1 unspecified atom stereocenters. The lowest BCUT2D eigenvalue weighted by Gasteiger charge is -2.24. The van der Waals surface area contributed by atoms with Crippen molar-refractivity contribution in [2.45, 2.75) is 38.0 Å². The fourth-order valence-electron chi connectivity index (χ4n) is 1.87. The van der Waals surface area contributed by atoms with Gasteiger partial charge < -0.3 is 5.11 Å². The van der Waals surface area contributed by atoms with Crippen molar-refractivity contribution in [1.82, 2.24) is 5.01 Å². The Morgan fingerprint density at radius 2 is 2.12 bits per heavy atom. The predicted molar refractivity (Wildman–Crippen MR) is 53.2 cm³/mol. The third kappa shape index (κ3) is 2.59. The Balaban J connectivity index is 1.96. The number of β-amino-alcohol motifs (C(OH)–C–C–N with tert-alkyl or cyclic N) is 1. The van der Waals surface area contributed by atoms with Gasteiger partial charge in [0.15, 0.2) is 6.10 Å². The normalized spacial score (nSPS) is 23.6. The van der Waals surface area contributed by atoms with Crippen LogP contribution in [0.1, 0.15) is 25.7 Å². The van der Waals surface area contributed by atoms with Gasteiger partial charge in [-0.15, -0.1) is 0 Å². The molecule has 2 rings (SSSR count). The van der Waals surface area contributed by atoms with E-state index in [2.05, 4.69) is 5.10 Å². The Labute approximate surface area is 96.1 Å². The molecule has 2 aliphatic rings. The molecule has 0 aromatic rings. The van der Waals surface area contributed by atoms with Crippen LogP contribution in [0.15, 0.2) is 5.10 Å². The van der Waals surface area contributed by atoms with Crippen molar-refractivity contribution in [3.63, 3.8) is 0 Å². The molecule has 0 radical (unpaired) electrons. The first-order chi connectivity index (χ1) is 7.88. The van der Waals surface area contributed by atoms with Crippen LogP contribution in [-0.2, 0) is 4.79 Å². The summed E-state index contributed by atoms with van der Waals surface area (Å²) in [6.07, 6.45) is -4.19. The van der Waals surface area contributed by atoms with Crippen LogP contribution in [0.4, 0.5) is 13.2 Å². The van der Waals surface area contributed by atoms with E-state index < -0.39 is 24.7 Å². The zero-order valence-corrected chi connectivity index (χ0v) is 9.07. The van der Waals surface area contributed by atoms with Crippen molar-refractivity contribution in [3.05, 3.63) is 0 Å². The molecule has 7 heteroatoms. The molecule has 17 heavy (non-hydrogen) atoms. The third-order valence-electron chi connectivity index (χ3n) is 3.17. The average Bonchev–Trinajstić information content (AvgIpc) is 2.42. The number of aliphatic hydroxyl groups excluding tert-OH is 1. The third-order valence-corrected chi connectivity index (χ3v) is 3.17. The maximum absolute atomic E-state index is 12.1. The van der Waals surface area contributed by atoms with Gasteiger partial charge in [-0.1, -0.05) is 6.42 Å². The highest BCUT2D eigenvalue weighted by Crippen LogP contribution is 2.32.